The van der Waals surface area contributed by atoms with Crippen molar-refractivity contribution in [2.75, 3.05) is 32.1 Å². The molecule has 108 valence electrons. The quantitative estimate of drug-likeness (QED) is 0.779. The highest BCUT2D eigenvalue weighted by atomic mass is 16.5. The number of nitrogens with one attached hydrogen (secondary N) is 2. The normalized spacial score (nSPS) is 16.1. The SMILES string of the molecule is COC(=O)c1ccccc1NC(=O)COC1(C)CNC1. The maximum Gasteiger partial charge on any atom is 0.339 e. The van der Waals surface area contributed by atoms with Crippen LogP contribution in [0.5, 0.6) is 0 Å². The number of esters is 1. The van der Waals surface area contributed by atoms with Gasteiger partial charge in [-0.25, -0.2) is 4.79 Å². The molecule has 1 aliphatic heterocycles. The fraction of sp³-hybridized carbons (Fsp3) is 0.429. The van der Waals surface area contributed by atoms with Crippen LogP contribution in [0.4, 0.5) is 5.69 Å². The van der Waals surface area contributed by atoms with E-state index in [9.17, 15) is 9.59 Å². The van der Waals surface area contributed by atoms with Gasteiger partial charge in [0.25, 0.3) is 0 Å². The minimum Gasteiger partial charge on any atom is -0.465 e. The van der Waals surface area contributed by atoms with Gasteiger partial charge in [0, 0.05) is 13.1 Å². The van der Waals surface area contributed by atoms with E-state index < -0.39 is 5.97 Å². The maximum absolute atomic E-state index is 11.9. The lowest BCUT2D eigenvalue weighted by Crippen LogP contribution is -2.59. The summed E-state index contributed by atoms with van der Waals surface area (Å²) in [6.07, 6.45) is 0. The summed E-state index contributed by atoms with van der Waals surface area (Å²) in [4.78, 5) is 23.4. The molecule has 0 aromatic heterocycles. The third-order valence-electron chi connectivity index (χ3n) is 3.16. The van der Waals surface area contributed by atoms with Crippen LogP contribution in [0, 0.1) is 0 Å². The number of carbonyl (C=O) groups is 2. The number of para-hydroxylation sites is 1. The molecule has 1 fully saturated rings. The van der Waals surface area contributed by atoms with Crippen molar-refractivity contribution < 1.29 is 19.1 Å². The summed E-state index contributed by atoms with van der Waals surface area (Å²) in [6, 6.07) is 6.69. The molecule has 20 heavy (non-hydrogen) atoms. The number of ether oxygens (including phenoxy) is 2. The molecule has 1 heterocycles. The van der Waals surface area contributed by atoms with Gasteiger partial charge in [-0.2, -0.15) is 0 Å². The molecule has 0 radical (unpaired) electrons. The van der Waals surface area contributed by atoms with Gasteiger partial charge in [0.15, 0.2) is 0 Å². The number of amides is 1. The van der Waals surface area contributed by atoms with Gasteiger partial charge in [-0.05, 0) is 19.1 Å². The third-order valence-corrected chi connectivity index (χ3v) is 3.16. The Morgan fingerprint density at radius 1 is 1.35 bits per heavy atom. The van der Waals surface area contributed by atoms with Gasteiger partial charge >= 0.3 is 5.97 Å². The van der Waals surface area contributed by atoms with E-state index in [1.165, 1.54) is 7.11 Å². The first-order valence-electron chi connectivity index (χ1n) is 6.36. The first-order chi connectivity index (χ1) is 9.54. The second-order valence-electron chi connectivity index (χ2n) is 4.93. The average molecular weight is 278 g/mol. The van der Waals surface area contributed by atoms with Gasteiger partial charge in [-0.3, -0.25) is 4.79 Å². The first-order valence-corrected chi connectivity index (χ1v) is 6.36. The second-order valence-corrected chi connectivity index (χ2v) is 4.93. The number of rotatable bonds is 5. The van der Waals surface area contributed by atoms with Crippen LogP contribution >= 0.6 is 0 Å². The van der Waals surface area contributed by atoms with Crippen molar-refractivity contribution in [1.29, 1.82) is 0 Å². The summed E-state index contributed by atoms with van der Waals surface area (Å²) >= 11 is 0. The van der Waals surface area contributed by atoms with Crippen molar-refractivity contribution in [2.24, 2.45) is 0 Å². The predicted octanol–water partition coefficient (Wildman–Crippen LogP) is 0.790. The average Bonchev–Trinajstić information content (AvgIpc) is 2.43. The summed E-state index contributed by atoms with van der Waals surface area (Å²) in [5, 5.41) is 5.75. The standard InChI is InChI=1S/C14H18N2O4/c1-14(8-15-9-14)20-7-12(17)16-11-6-4-3-5-10(11)13(18)19-2/h3-6,15H,7-9H2,1-2H3,(H,16,17). The van der Waals surface area contributed by atoms with E-state index in [0.717, 1.165) is 13.1 Å². The zero-order chi connectivity index (χ0) is 14.6. The molecule has 0 spiro atoms. The third kappa shape index (κ3) is 3.34. The number of anilines is 1. The molecule has 1 saturated heterocycles. The van der Waals surface area contributed by atoms with Crippen LogP contribution in [0.2, 0.25) is 0 Å². The Balaban J connectivity index is 1.95. The van der Waals surface area contributed by atoms with Crippen molar-refractivity contribution in [3.63, 3.8) is 0 Å². The molecule has 6 heteroatoms. The van der Waals surface area contributed by atoms with E-state index in [2.05, 4.69) is 15.4 Å². The fourth-order valence-corrected chi connectivity index (χ4v) is 1.89. The molecule has 0 saturated carbocycles. The van der Waals surface area contributed by atoms with Crippen molar-refractivity contribution >= 4 is 17.6 Å². The predicted molar refractivity (Wildman–Crippen MR) is 73.6 cm³/mol. The zero-order valence-electron chi connectivity index (χ0n) is 11.6. The molecule has 1 aromatic rings. The fourth-order valence-electron chi connectivity index (χ4n) is 1.89. The number of hydrogen-bond donors (Lipinski definition) is 2. The molecular weight excluding hydrogens is 260 g/mol. The molecule has 1 amide bonds. The highest BCUT2D eigenvalue weighted by Crippen LogP contribution is 2.17. The zero-order valence-corrected chi connectivity index (χ0v) is 11.6. The van der Waals surface area contributed by atoms with Crippen molar-refractivity contribution in [3.8, 4) is 0 Å². The van der Waals surface area contributed by atoms with E-state index >= 15 is 0 Å². The largest absolute Gasteiger partial charge is 0.465 e. The maximum atomic E-state index is 11.9. The molecule has 0 bridgehead atoms. The smallest absolute Gasteiger partial charge is 0.339 e. The van der Waals surface area contributed by atoms with Crippen LogP contribution in [0.25, 0.3) is 0 Å². The van der Waals surface area contributed by atoms with Gasteiger partial charge in [0.2, 0.25) is 5.91 Å². The van der Waals surface area contributed by atoms with Gasteiger partial charge < -0.3 is 20.1 Å². The summed E-state index contributed by atoms with van der Waals surface area (Å²) in [5.74, 6) is -0.786. The summed E-state index contributed by atoms with van der Waals surface area (Å²) in [5.41, 5.74) is 0.462. The van der Waals surface area contributed by atoms with E-state index in [-0.39, 0.29) is 18.1 Å². The van der Waals surface area contributed by atoms with E-state index in [1.807, 2.05) is 6.92 Å². The Morgan fingerprint density at radius 2 is 2.05 bits per heavy atom. The minimum atomic E-state index is -0.489. The lowest BCUT2D eigenvalue weighted by molar-refractivity contribution is -0.130. The summed E-state index contributed by atoms with van der Waals surface area (Å²) in [7, 11) is 1.30. The van der Waals surface area contributed by atoms with Crippen molar-refractivity contribution in [3.05, 3.63) is 29.8 Å². The monoisotopic (exact) mass is 278 g/mol. The van der Waals surface area contributed by atoms with E-state index in [1.54, 1.807) is 24.3 Å². The summed E-state index contributed by atoms with van der Waals surface area (Å²) < 4.78 is 10.2. The molecule has 0 unspecified atom stereocenters. The highest BCUT2D eigenvalue weighted by Gasteiger charge is 2.33. The Morgan fingerprint density at radius 3 is 2.65 bits per heavy atom. The molecule has 1 aromatic carbocycles. The molecule has 6 nitrogen and oxygen atoms in total. The number of benzene rings is 1. The molecule has 2 N–H and O–H groups in total. The number of carbonyl (C=O) groups excluding carboxylic acids is 2. The van der Waals surface area contributed by atoms with Gasteiger partial charge in [0.05, 0.1) is 24.0 Å². The number of methoxy groups -OCH3 is 1. The van der Waals surface area contributed by atoms with Crippen LogP contribution in [-0.4, -0.2) is 44.3 Å². The van der Waals surface area contributed by atoms with Crippen LogP contribution < -0.4 is 10.6 Å². The Bertz CT molecular complexity index is 512. The van der Waals surface area contributed by atoms with Crippen LogP contribution in [0.15, 0.2) is 24.3 Å². The van der Waals surface area contributed by atoms with Gasteiger partial charge in [0.1, 0.15) is 6.61 Å². The lowest BCUT2D eigenvalue weighted by atomic mass is 10.0. The topological polar surface area (TPSA) is 76.7 Å². The molecule has 0 aliphatic carbocycles. The van der Waals surface area contributed by atoms with Gasteiger partial charge in [-0.1, -0.05) is 12.1 Å². The molecule has 2 rings (SSSR count). The Labute approximate surface area is 117 Å². The first kappa shape index (κ1) is 14.5. The van der Waals surface area contributed by atoms with Crippen molar-refractivity contribution in [2.45, 2.75) is 12.5 Å². The molecular formula is C14H18N2O4. The van der Waals surface area contributed by atoms with E-state index in [4.69, 9.17) is 4.74 Å². The highest BCUT2D eigenvalue weighted by molar-refractivity contribution is 6.01. The minimum absolute atomic E-state index is 0.0479. The number of hydrogen-bond acceptors (Lipinski definition) is 5. The Kier molecular flexibility index (Phi) is 4.36. The van der Waals surface area contributed by atoms with Crippen LogP contribution in [-0.2, 0) is 14.3 Å². The molecule has 1 aliphatic rings. The summed E-state index contributed by atoms with van der Waals surface area (Å²) in [6.45, 7) is 3.37. The van der Waals surface area contributed by atoms with E-state index in [0.29, 0.717) is 11.3 Å². The van der Waals surface area contributed by atoms with Gasteiger partial charge in [-0.15, -0.1) is 0 Å². The second kappa shape index (κ2) is 6.02. The van der Waals surface area contributed by atoms with Crippen LogP contribution in [0.3, 0.4) is 0 Å². The lowest BCUT2D eigenvalue weighted by Gasteiger charge is -2.38. The van der Waals surface area contributed by atoms with Crippen molar-refractivity contribution in [1.82, 2.24) is 5.32 Å². The Hall–Kier alpha value is -1.92. The molecule has 0 atom stereocenters. The van der Waals surface area contributed by atoms with Crippen LogP contribution in [0.1, 0.15) is 17.3 Å².